The molecule has 3 unspecified atom stereocenters. The van der Waals surface area contributed by atoms with E-state index in [0.717, 1.165) is 13.0 Å². The van der Waals surface area contributed by atoms with Crippen LogP contribution in [0, 0.1) is 5.92 Å². The van der Waals surface area contributed by atoms with Crippen LogP contribution >= 0.6 is 0 Å². The van der Waals surface area contributed by atoms with E-state index >= 15 is 0 Å². The van der Waals surface area contributed by atoms with Crippen LogP contribution in [0.25, 0.3) is 0 Å². The molecule has 1 rings (SSSR count). The zero-order chi connectivity index (χ0) is 11.6. The lowest BCUT2D eigenvalue weighted by Crippen LogP contribution is -2.46. The monoisotopic (exact) mass is 215 g/mol. The van der Waals surface area contributed by atoms with Gasteiger partial charge in [-0.2, -0.15) is 0 Å². The Balaban J connectivity index is 2.55. The van der Waals surface area contributed by atoms with Crippen LogP contribution in [0.5, 0.6) is 0 Å². The van der Waals surface area contributed by atoms with Gasteiger partial charge < -0.3 is 5.11 Å². The first-order chi connectivity index (χ1) is 6.87. The molecule has 0 saturated carbocycles. The first kappa shape index (κ1) is 12.4. The molecule has 1 amide bonds. The van der Waals surface area contributed by atoms with Crippen molar-refractivity contribution >= 4 is 5.91 Å². The summed E-state index contributed by atoms with van der Waals surface area (Å²) in [4.78, 5) is 13.5. The van der Waals surface area contributed by atoms with Crippen molar-refractivity contribution < 1.29 is 9.90 Å². The first-order valence-corrected chi connectivity index (χ1v) is 5.34. The van der Waals surface area contributed by atoms with Crippen LogP contribution < -0.4 is 11.3 Å². The summed E-state index contributed by atoms with van der Waals surface area (Å²) in [5, 5.41) is 9.82. The molecule has 15 heavy (non-hydrogen) atoms. The van der Waals surface area contributed by atoms with Crippen molar-refractivity contribution in [3.05, 3.63) is 0 Å². The fourth-order valence-electron chi connectivity index (χ4n) is 1.99. The lowest BCUT2D eigenvalue weighted by Gasteiger charge is -2.29. The Morgan fingerprint density at radius 3 is 2.60 bits per heavy atom. The minimum Gasteiger partial charge on any atom is -0.389 e. The van der Waals surface area contributed by atoms with Gasteiger partial charge in [0.25, 0.3) is 0 Å². The van der Waals surface area contributed by atoms with Crippen LogP contribution in [0.4, 0.5) is 0 Å². The zero-order valence-electron chi connectivity index (χ0n) is 9.66. The van der Waals surface area contributed by atoms with Gasteiger partial charge >= 0.3 is 0 Å². The van der Waals surface area contributed by atoms with E-state index in [9.17, 15) is 9.90 Å². The number of β-amino-alcohol motifs (C(OH)–C–C–N with tert-alkyl or cyclic N) is 1. The minimum absolute atomic E-state index is 0.0996. The molecule has 5 nitrogen and oxygen atoms in total. The average molecular weight is 215 g/mol. The topological polar surface area (TPSA) is 78.6 Å². The second-order valence-electron chi connectivity index (χ2n) is 4.76. The number of nitrogens with zero attached hydrogens (tertiary/aromatic N) is 1. The maximum atomic E-state index is 11.3. The van der Waals surface area contributed by atoms with Gasteiger partial charge in [0.1, 0.15) is 0 Å². The molecule has 1 saturated heterocycles. The summed E-state index contributed by atoms with van der Waals surface area (Å²) in [5.41, 5.74) is 1.54. The van der Waals surface area contributed by atoms with E-state index < -0.39 is 5.60 Å². The van der Waals surface area contributed by atoms with Crippen LogP contribution in [0.1, 0.15) is 27.2 Å². The summed E-state index contributed by atoms with van der Waals surface area (Å²) in [5.74, 6) is 4.77. The third-order valence-electron chi connectivity index (χ3n) is 3.34. The van der Waals surface area contributed by atoms with Gasteiger partial charge in [0.2, 0.25) is 5.91 Å². The van der Waals surface area contributed by atoms with E-state index in [0.29, 0.717) is 6.54 Å². The highest BCUT2D eigenvalue weighted by Gasteiger charge is 2.36. The summed E-state index contributed by atoms with van der Waals surface area (Å²) >= 11 is 0. The van der Waals surface area contributed by atoms with Gasteiger partial charge in [0.05, 0.1) is 11.5 Å². The quantitative estimate of drug-likeness (QED) is 0.335. The van der Waals surface area contributed by atoms with Gasteiger partial charge in [-0.3, -0.25) is 15.1 Å². The molecule has 1 heterocycles. The largest absolute Gasteiger partial charge is 0.389 e. The van der Waals surface area contributed by atoms with Crippen molar-refractivity contribution in [1.82, 2.24) is 10.3 Å². The number of nitrogens with two attached hydrogens (primary N) is 1. The van der Waals surface area contributed by atoms with Gasteiger partial charge in [-0.25, -0.2) is 5.84 Å². The van der Waals surface area contributed by atoms with Crippen molar-refractivity contribution in [2.24, 2.45) is 11.8 Å². The number of nitrogens with one attached hydrogen (secondary N) is 1. The summed E-state index contributed by atoms with van der Waals surface area (Å²) in [6.07, 6.45) is 0.758. The van der Waals surface area contributed by atoms with E-state index in [1.54, 1.807) is 0 Å². The Kier molecular flexibility index (Phi) is 3.70. The highest BCUT2D eigenvalue weighted by molar-refractivity contribution is 5.78. The van der Waals surface area contributed by atoms with Crippen molar-refractivity contribution in [3.8, 4) is 0 Å². The lowest BCUT2D eigenvalue weighted by molar-refractivity contribution is -0.126. The fraction of sp³-hybridized carbons (Fsp3) is 0.900. The van der Waals surface area contributed by atoms with Crippen LogP contribution in [-0.4, -0.2) is 40.6 Å². The summed E-state index contributed by atoms with van der Waals surface area (Å²) in [7, 11) is 0. The fourth-order valence-corrected chi connectivity index (χ4v) is 1.99. The van der Waals surface area contributed by atoms with E-state index in [4.69, 9.17) is 5.84 Å². The van der Waals surface area contributed by atoms with Crippen molar-refractivity contribution in [3.63, 3.8) is 0 Å². The van der Waals surface area contributed by atoms with Crippen molar-refractivity contribution in [1.29, 1.82) is 0 Å². The summed E-state index contributed by atoms with van der Waals surface area (Å²) < 4.78 is 0. The number of carbonyl (C=O) groups is 1. The molecule has 3 atom stereocenters. The Morgan fingerprint density at radius 2 is 2.20 bits per heavy atom. The maximum Gasteiger partial charge on any atom is 0.238 e. The third-order valence-corrected chi connectivity index (χ3v) is 3.34. The van der Waals surface area contributed by atoms with Crippen LogP contribution in [-0.2, 0) is 4.79 Å². The SMILES string of the molecule is CC(C(=O)NN)C(C)N1CCC(C)(O)C1. The maximum absolute atomic E-state index is 11.3. The third kappa shape index (κ3) is 2.90. The lowest BCUT2D eigenvalue weighted by atomic mass is 10.0. The molecule has 5 heteroatoms. The van der Waals surface area contributed by atoms with E-state index in [1.807, 2.05) is 20.8 Å². The molecular formula is C10H21N3O2. The number of likely N-dealkylation sites (tertiary alicyclic amines) is 1. The summed E-state index contributed by atoms with van der Waals surface area (Å²) in [6.45, 7) is 7.11. The minimum atomic E-state index is -0.618. The average Bonchev–Trinajstić information content (AvgIpc) is 2.55. The second kappa shape index (κ2) is 4.47. The summed E-state index contributed by atoms with van der Waals surface area (Å²) in [6, 6.07) is 0.0996. The number of hydrogen-bond donors (Lipinski definition) is 3. The Hall–Kier alpha value is -0.650. The number of hydrogen-bond acceptors (Lipinski definition) is 4. The highest BCUT2D eigenvalue weighted by atomic mass is 16.3. The number of carbonyl (C=O) groups excluding carboxylic acids is 1. The first-order valence-electron chi connectivity index (χ1n) is 5.34. The van der Waals surface area contributed by atoms with Gasteiger partial charge in [-0.15, -0.1) is 0 Å². The standard InChI is InChI=1S/C10H21N3O2/c1-7(9(14)12-11)8(2)13-5-4-10(3,15)6-13/h7-8,15H,4-6,11H2,1-3H3,(H,12,14). The smallest absolute Gasteiger partial charge is 0.238 e. The predicted octanol–water partition coefficient (Wildman–Crippen LogP) is -0.542. The van der Waals surface area contributed by atoms with E-state index in [-0.39, 0.29) is 17.9 Å². The predicted molar refractivity (Wildman–Crippen MR) is 57.8 cm³/mol. The molecule has 4 N–H and O–H groups in total. The van der Waals surface area contributed by atoms with Gasteiger partial charge in [0.15, 0.2) is 0 Å². The van der Waals surface area contributed by atoms with Gasteiger partial charge in [0, 0.05) is 19.1 Å². The van der Waals surface area contributed by atoms with Gasteiger partial charge in [-0.05, 0) is 20.3 Å². The Labute approximate surface area is 90.6 Å². The molecule has 0 aromatic rings. The molecule has 88 valence electrons. The number of aliphatic hydroxyl groups is 1. The molecule has 1 fully saturated rings. The molecule has 0 spiro atoms. The molecule has 0 aromatic heterocycles. The zero-order valence-corrected chi connectivity index (χ0v) is 9.66. The second-order valence-corrected chi connectivity index (χ2v) is 4.76. The number of amides is 1. The van der Waals surface area contributed by atoms with Gasteiger partial charge in [-0.1, -0.05) is 6.92 Å². The van der Waals surface area contributed by atoms with Crippen molar-refractivity contribution in [2.45, 2.75) is 38.8 Å². The van der Waals surface area contributed by atoms with Crippen LogP contribution in [0.2, 0.25) is 0 Å². The highest BCUT2D eigenvalue weighted by Crippen LogP contribution is 2.24. The van der Waals surface area contributed by atoms with Crippen molar-refractivity contribution in [2.75, 3.05) is 13.1 Å². The molecular weight excluding hydrogens is 194 g/mol. The molecule has 0 aromatic carbocycles. The Bertz CT molecular complexity index is 243. The number of rotatable bonds is 3. The molecule has 1 aliphatic heterocycles. The normalized spacial score (nSPS) is 31.3. The van der Waals surface area contributed by atoms with Crippen LogP contribution in [0.3, 0.4) is 0 Å². The Morgan fingerprint density at radius 1 is 1.60 bits per heavy atom. The molecule has 0 aliphatic carbocycles. The van der Waals surface area contributed by atoms with E-state index in [2.05, 4.69) is 10.3 Å². The molecule has 0 radical (unpaired) electrons. The van der Waals surface area contributed by atoms with Crippen LogP contribution in [0.15, 0.2) is 0 Å². The molecule has 1 aliphatic rings. The molecule has 0 bridgehead atoms. The number of hydrazine groups is 1. The van der Waals surface area contributed by atoms with E-state index in [1.165, 1.54) is 0 Å².